The van der Waals surface area contributed by atoms with E-state index in [9.17, 15) is 14.9 Å². The molecule has 0 aromatic carbocycles. The van der Waals surface area contributed by atoms with E-state index >= 15 is 0 Å². The van der Waals surface area contributed by atoms with Crippen LogP contribution in [0.25, 0.3) is 0 Å². The molecule has 1 rings (SSSR count). The van der Waals surface area contributed by atoms with E-state index in [1.165, 1.54) is 12.1 Å². The van der Waals surface area contributed by atoms with Gasteiger partial charge in [0.05, 0.1) is 11.3 Å². The second-order valence-electron chi connectivity index (χ2n) is 4.66. The summed E-state index contributed by atoms with van der Waals surface area (Å²) in [5.74, 6) is -0.894. The number of anilines is 1. The third-order valence-electron chi connectivity index (χ3n) is 2.26. The van der Waals surface area contributed by atoms with Crippen molar-refractivity contribution in [1.29, 1.82) is 0 Å². The molecule has 0 aliphatic carbocycles. The number of carboxylic acid groups (broad SMARTS) is 1. The largest absolute Gasteiger partial charge is 0.481 e. The van der Waals surface area contributed by atoms with Gasteiger partial charge in [-0.25, -0.2) is 4.98 Å². The number of nitrogens with one attached hydrogen (secondary N) is 1. The smallest absolute Gasteiger partial charge is 0.311 e. The fourth-order valence-electron chi connectivity index (χ4n) is 1.53. The number of carboxylic acids is 1. The molecular formula is C11H15N3O4. The molecule has 0 saturated heterocycles. The van der Waals surface area contributed by atoms with E-state index in [0.29, 0.717) is 5.69 Å². The predicted molar refractivity (Wildman–Crippen MR) is 65.6 cm³/mol. The SMILES string of the molecule is Cc1ccc([N+](=O)[O-])c(NC(C)(C)CC(=O)O)n1. The average Bonchev–Trinajstić information content (AvgIpc) is 2.13. The molecule has 0 aliphatic heterocycles. The number of nitro groups is 1. The van der Waals surface area contributed by atoms with Crippen molar-refractivity contribution in [2.45, 2.75) is 32.7 Å². The Balaban J connectivity index is 3.05. The van der Waals surface area contributed by atoms with Gasteiger partial charge in [0.1, 0.15) is 0 Å². The number of rotatable bonds is 5. The van der Waals surface area contributed by atoms with Gasteiger partial charge in [0.15, 0.2) is 0 Å². The zero-order chi connectivity index (χ0) is 13.9. The lowest BCUT2D eigenvalue weighted by atomic mass is 10.0. The van der Waals surface area contributed by atoms with E-state index in [2.05, 4.69) is 10.3 Å². The van der Waals surface area contributed by atoms with E-state index in [0.717, 1.165) is 0 Å². The average molecular weight is 253 g/mol. The topological polar surface area (TPSA) is 105 Å². The molecule has 0 radical (unpaired) electrons. The van der Waals surface area contributed by atoms with Gasteiger partial charge in [0.2, 0.25) is 5.82 Å². The van der Waals surface area contributed by atoms with Crippen LogP contribution in [0, 0.1) is 17.0 Å². The summed E-state index contributed by atoms with van der Waals surface area (Å²) in [6, 6.07) is 2.88. The maximum Gasteiger partial charge on any atom is 0.311 e. The third kappa shape index (κ3) is 3.69. The van der Waals surface area contributed by atoms with Gasteiger partial charge in [0.25, 0.3) is 0 Å². The van der Waals surface area contributed by atoms with Crippen LogP contribution in [0.1, 0.15) is 26.0 Å². The lowest BCUT2D eigenvalue weighted by Gasteiger charge is -2.24. The highest BCUT2D eigenvalue weighted by atomic mass is 16.6. The second-order valence-corrected chi connectivity index (χ2v) is 4.66. The molecule has 98 valence electrons. The molecule has 7 heteroatoms. The van der Waals surface area contributed by atoms with Gasteiger partial charge < -0.3 is 10.4 Å². The van der Waals surface area contributed by atoms with Gasteiger partial charge in [-0.15, -0.1) is 0 Å². The minimum Gasteiger partial charge on any atom is -0.481 e. The quantitative estimate of drug-likeness (QED) is 0.613. The van der Waals surface area contributed by atoms with Crippen LogP contribution in [0.3, 0.4) is 0 Å². The van der Waals surface area contributed by atoms with Crippen molar-refractivity contribution in [3.63, 3.8) is 0 Å². The number of pyridine rings is 1. The van der Waals surface area contributed by atoms with E-state index in [1.54, 1.807) is 20.8 Å². The van der Waals surface area contributed by atoms with Crippen molar-refractivity contribution >= 4 is 17.5 Å². The van der Waals surface area contributed by atoms with Crippen molar-refractivity contribution in [1.82, 2.24) is 4.98 Å². The number of hydrogen-bond donors (Lipinski definition) is 2. The summed E-state index contributed by atoms with van der Waals surface area (Å²) in [6.07, 6.45) is -0.167. The Kier molecular flexibility index (Phi) is 3.85. The zero-order valence-electron chi connectivity index (χ0n) is 10.4. The van der Waals surface area contributed by atoms with Crippen LogP contribution in [-0.4, -0.2) is 26.5 Å². The molecule has 0 atom stereocenters. The Hall–Kier alpha value is -2.18. The normalized spacial score (nSPS) is 11.1. The number of nitrogens with zero attached hydrogens (tertiary/aromatic N) is 2. The molecular weight excluding hydrogens is 238 g/mol. The summed E-state index contributed by atoms with van der Waals surface area (Å²) in [4.78, 5) is 25.0. The van der Waals surface area contributed by atoms with Crippen LogP contribution in [0.2, 0.25) is 0 Å². The Morgan fingerprint density at radius 3 is 2.67 bits per heavy atom. The van der Waals surface area contributed by atoms with Crippen LogP contribution in [-0.2, 0) is 4.79 Å². The van der Waals surface area contributed by atoms with E-state index in [1.807, 2.05) is 0 Å². The highest BCUT2D eigenvalue weighted by Crippen LogP contribution is 2.26. The van der Waals surface area contributed by atoms with Crippen molar-refractivity contribution < 1.29 is 14.8 Å². The second kappa shape index (κ2) is 4.99. The van der Waals surface area contributed by atoms with Crippen LogP contribution in [0.4, 0.5) is 11.5 Å². The maximum atomic E-state index is 10.9. The van der Waals surface area contributed by atoms with Gasteiger partial charge in [0, 0.05) is 17.3 Å². The lowest BCUT2D eigenvalue weighted by molar-refractivity contribution is -0.384. The molecule has 1 heterocycles. The predicted octanol–water partition coefficient (Wildman–Crippen LogP) is 1.96. The number of aliphatic carboxylic acids is 1. The molecule has 0 spiro atoms. The van der Waals surface area contributed by atoms with Gasteiger partial charge in [-0.05, 0) is 26.8 Å². The molecule has 1 aromatic heterocycles. The summed E-state index contributed by atoms with van der Waals surface area (Å²) in [5.41, 5.74) is -0.370. The van der Waals surface area contributed by atoms with Gasteiger partial charge >= 0.3 is 11.7 Å². The van der Waals surface area contributed by atoms with Crippen LogP contribution < -0.4 is 5.32 Å². The minimum absolute atomic E-state index is 0.0891. The first kappa shape index (κ1) is 13.9. The molecule has 0 aliphatic rings. The molecule has 0 unspecified atom stereocenters. The van der Waals surface area contributed by atoms with Gasteiger partial charge in [-0.2, -0.15) is 0 Å². The molecule has 0 fully saturated rings. The lowest BCUT2D eigenvalue weighted by Crippen LogP contribution is -2.34. The summed E-state index contributed by atoms with van der Waals surface area (Å²) in [7, 11) is 0. The van der Waals surface area contributed by atoms with Crippen molar-refractivity contribution in [2.24, 2.45) is 0 Å². The first-order valence-electron chi connectivity index (χ1n) is 5.33. The fourth-order valence-corrected chi connectivity index (χ4v) is 1.53. The fraction of sp³-hybridized carbons (Fsp3) is 0.455. The van der Waals surface area contributed by atoms with E-state index in [4.69, 9.17) is 5.11 Å². The minimum atomic E-state index is -0.984. The number of hydrogen-bond acceptors (Lipinski definition) is 5. The molecule has 0 amide bonds. The molecule has 0 bridgehead atoms. The molecule has 18 heavy (non-hydrogen) atoms. The zero-order valence-corrected chi connectivity index (χ0v) is 10.4. The first-order valence-corrected chi connectivity index (χ1v) is 5.33. The van der Waals surface area contributed by atoms with Gasteiger partial charge in [-0.3, -0.25) is 14.9 Å². The summed E-state index contributed by atoms with van der Waals surface area (Å²) in [6.45, 7) is 5.00. The van der Waals surface area contributed by atoms with Crippen LogP contribution in [0.5, 0.6) is 0 Å². The Morgan fingerprint density at radius 1 is 1.56 bits per heavy atom. The summed E-state index contributed by atoms with van der Waals surface area (Å²) in [5, 5.41) is 22.4. The van der Waals surface area contributed by atoms with E-state index < -0.39 is 16.4 Å². The highest BCUT2D eigenvalue weighted by Gasteiger charge is 2.26. The molecule has 1 aromatic rings. The Labute approximate surface area is 104 Å². The summed E-state index contributed by atoms with van der Waals surface area (Å²) < 4.78 is 0. The Morgan fingerprint density at radius 2 is 2.17 bits per heavy atom. The Bertz CT molecular complexity index is 485. The number of aryl methyl sites for hydroxylation is 1. The molecule has 0 saturated carbocycles. The van der Waals surface area contributed by atoms with Crippen LogP contribution in [0.15, 0.2) is 12.1 Å². The number of carbonyl (C=O) groups is 1. The monoisotopic (exact) mass is 253 g/mol. The van der Waals surface area contributed by atoms with Crippen molar-refractivity contribution in [2.75, 3.05) is 5.32 Å². The first-order chi connectivity index (χ1) is 8.21. The van der Waals surface area contributed by atoms with Gasteiger partial charge in [-0.1, -0.05) is 0 Å². The van der Waals surface area contributed by atoms with Crippen molar-refractivity contribution in [3.05, 3.63) is 27.9 Å². The highest BCUT2D eigenvalue weighted by molar-refractivity contribution is 5.69. The third-order valence-corrected chi connectivity index (χ3v) is 2.26. The van der Waals surface area contributed by atoms with E-state index in [-0.39, 0.29) is 17.9 Å². The number of aromatic nitrogens is 1. The van der Waals surface area contributed by atoms with Crippen molar-refractivity contribution in [3.8, 4) is 0 Å². The van der Waals surface area contributed by atoms with Crippen LogP contribution >= 0.6 is 0 Å². The maximum absolute atomic E-state index is 10.9. The molecule has 7 nitrogen and oxygen atoms in total. The standard InChI is InChI=1S/C11H15N3O4/c1-7-4-5-8(14(17)18)10(12-7)13-11(2,3)6-9(15)16/h4-5H,6H2,1-3H3,(H,12,13)(H,15,16). The molecule has 2 N–H and O–H groups in total. The summed E-state index contributed by atoms with van der Waals surface area (Å²) >= 11 is 0.